The summed E-state index contributed by atoms with van der Waals surface area (Å²) in [5, 5.41) is 7.91. The standard InChI is InChI=1S/C36H26N2.CH4/c1-2-12-28-26(24-38-35-19-9-5-15-31(35)32-16-6-10-20-36(32)38)22-21-25(27(28)11-1)23-37-33-17-7-3-13-29(33)30-14-4-8-18-34(30)37;/h1-22H,23-24H2;1H4. The predicted octanol–water partition coefficient (Wildman–Crippen LogP) is 9.79. The van der Waals surface area contributed by atoms with Gasteiger partial charge in [0.05, 0.1) is 0 Å². The van der Waals surface area contributed by atoms with Crippen LogP contribution in [0.15, 0.2) is 133 Å². The van der Waals surface area contributed by atoms with Crippen LogP contribution in [0.5, 0.6) is 0 Å². The second-order valence-electron chi connectivity index (χ2n) is 10.2. The van der Waals surface area contributed by atoms with Crippen LogP contribution in [0, 0.1) is 0 Å². The van der Waals surface area contributed by atoms with E-state index in [0.717, 1.165) is 13.1 Å². The highest BCUT2D eigenvalue weighted by atomic mass is 15.0. The van der Waals surface area contributed by atoms with Crippen LogP contribution in [0.1, 0.15) is 18.6 Å². The number of benzene rings is 6. The summed E-state index contributed by atoms with van der Waals surface area (Å²) in [5.41, 5.74) is 7.83. The molecule has 0 unspecified atom stereocenters. The van der Waals surface area contributed by atoms with Crippen LogP contribution < -0.4 is 0 Å². The molecule has 0 bridgehead atoms. The zero-order chi connectivity index (χ0) is 25.1. The molecule has 0 radical (unpaired) electrons. The van der Waals surface area contributed by atoms with Gasteiger partial charge in [-0.15, -0.1) is 0 Å². The molecule has 8 aromatic rings. The van der Waals surface area contributed by atoms with Crippen molar-refractivity contribution < 1.29 is 0 Å². The first-order chi connectivity index (χ1) is 18.9. The fourth-order valence-electron chi connectivity index (χ4n) is 6.39. The molecule has 0 N–H and O–H groups in total. The molecule has 0 aliphatic heterocycles. The molecular formula is C37H30N2. The molecule has 2 nitrogen and oxygen atoms in total. The molecule has 6 aromatic carbocycles. The second-order valence-corrected chi connectivity index (χ2v) is 10.2. The van der Waals surface area contributed by atoms with Gasteiger partial charge in [-0.25, -0.2) is 0 Å². The highest BCUT2D eigenvalue weighted by Gasteiger charge is 2.15. The average Bonchev–Trinajstić information content (AvgIpc) is 3.47. The SMILES string of the molecule is C.c1ccc2c(Cn3c4ccccc4c4ccccc43)ccc(Cn3c4ccccc4c4ccccc43)c2c1. The molecule has 0 saturated carbocycles. The van der Waals surface area contributed by atoms with Crippen molar-refractivity contribution in [3.8, 4) is 0 Å². The Morgan fingerprint density at radius 2 is 0.564 bits per heavy atom. The van der Waals surface area contributed by atoms with Crippen molar-refractivity contribution in [1.29, 1.82) is 0 Å². The van der Waals surface area contributed by atoms with Gasteiger partial charge in [0.25, 0.3) is 0 Å². The molecule has 0 atom stereocenters. The summed E-state index contributed by atoms with van der Waals surface area (Å²) in [4.78, 5) is 0. The van der Waals surface area contributed by atoms with Gasteiger partial charge in [-0.2, -0.15) is 0 Å². The van der Waals surface area contributed by atoms with Crippen LogP contribution in [0.4, 0.5) is 0 Å². The second kappa shape index (κ2) is 9.18. The van der Waals surface area contributed by atoms with Gasteiger partial charge in [0.2, 0.25) is 0 Å². The Morgan fingerprint density at radius 3 is 0.872 bits per heavy atom. The molecule has 188 valence electrons. The van der Waals surface area contributed by atoms with Gasteiger partial charge in [0.1, 0.15) is 0 Å². The minimum atomic E-state index is 0. The van der Waals surface area contributed by atoms with Crippen molar-refractivity contribution in [1.82, 2.24) is 9.13 Å². The molecule has 0 aliphatic carbocycles. The van der Waals surface area contributed by atoms with Crippen LogP contribution in [0.3, 0.4) is 0 Å². The molecule has 0 aliphatic rings. The number of para-hydroxylation sites is 4. The Labute approximate surface area is 228 Å². The largest absolute Gasteiger partial charge is 0.336 e. The summed E-state index contributed by atoms with van der Waals surface area (Å²) in [5.74, 6) is 0. The van der Waals surface area contributed by atoms with Crippen molar-refractivity contribution in [2.45, 2.75) is 20.5 Å². The van der Waals surface area contributed by atoms with Gasteiger partial charge in [-0.3, -0.25) is 0 Å². The van der Waals surface area contributed by atoms with E-state index >= 15 is 0 Å². The van der Waals surface area contributed by atoms with Crippen LogP contribution in [-0.2, 0) is 13.1 Å². The van der Waals surface area contributed by atoms with Crippen molar-refractivity contribution >= 4 is 54.4 Å². The molecule has 2 aromatic heterocycles. The van der Waals surface area contributed by atoms with Crippen LogP contribution in [0.2, 0.25) is 0 Å². The number of fused-ring (bicyclic) bond motifs is 7. The van der Waals surface area contributed by atoms with Crippen molar-refractivity contribution in [3.05, 3.63) is 145 Å². The molecule has 0 saturated heterocycles. The molecule has 39 heavy (non-hydrogen) atoms. The monoisotopic (exact) mass is 502 g/mol. The fourth-order valence-corrected chi connectivity index (χ4v) is 6.39. The third kappa shape index (κ3) is 3.56. The maximum Gasteiger partial charge on any atom is 0.0494 e. The minimum Gasteiger partial charge on any atom is -0.336 e. The van der Waals surface area contributed by atoms with E-state index in [0.29, 0.717) is 0 Å². The molecule has 2 heterocycles. The Bertz CT molecular complexity index is 1880. The first-order valence-corrected chi connectivity index (χ1v) is 13.3. The smallest absolute Gasteiger partial charge is 0.0494 e. The Hall–Kier alpha value is -4.82. The molecule has 0 amide bonds. The quantitative estimate of drug-likeness (QED) is 0.227. The summed E-state index contributed by atoms with van der Waals surface area (Å²) in [7, 11) is 0. The summed E-state index contributed by atoms with van der Waals surface area (Å²) >= 11 is 0. The number of aromatic nitrogens is 2. The normalized spacial score (nSPS) is 11.6. The molecule has 2 heteroatoms. The Kier molecular flexibility index (Phi) is 5.49. The Balaban J connectivity index is 0.00000253. The lowest BCUT2D eigenvalue weighted by molar-refractivity contribution is 0.863. The van der Waals surface area contributed by atoms with Crippen molar-refractivity contribution in [3.63, 3.8) is 0 Å². The summed E-state index contributed by atoms with van der Waals surface area (Å²) in [6, 6.07) is 48.6. The van der Waals surface area contributed by atoms with E-state index in [-0.39, 0.29) is 7.43 Å². The highest BCUT2D eigenvalue weighted by molar-refractivity contribution is 6.09. The summed E-state index contributed by atoms with van der Waals surface area (Å²) in [6.45, 7) is 1.68. The zero-order valence-corrected chi connectivity index (χ0v) is 21.0. The van der Waals surface area contributed by atoms with Gasteiger partial charge in [-0.05, 0) is 46.2 Å². The first kappa shape index (κ1) is 23.3. The van der Waals surface area contributed by atoms with Gasteiger partial charge in [0.15, 0.2) is 0 Å². The van der Waals surface area contributed by atoms with E-state index in [1.165, 1.54) is 65.5 Å². The van der Waals surface area contributed by atoms with E-state index in [9.17, 15) is 0 Å². The fraction of sp³-hybridized carbons (Fsp3) is 0.0811. The molecule has 8 rings (SSSR count). The van der Waals surface area contributed by atoms with Gasteiger partial charge in [-0.1, -0.05) is 117 Å². The third-order valence-electron chi connectivity index (χ3n) is 8.12. The predicted molar refractivity (Wildman–Crippen MR) is 168 cm³/mol. The lowest BCUT2D eigenvalue weighted by Crippen LogP contribution is -2.03. The molecular weight excluding hydrogens is 472 g/mol. The van der Waals surface area contributed by atoms with Crippen molar-refractivity contribution in [2.75, 3.05) is 0 Å². The first-order valence-electron chi connectivity index (χ1n) is 13.3. The van der Waals surface area contributed by atoms with E-state index in [1.807, 2.05) is 0 Å². The van der Waals surface area contributed by atoms with Gasteiger partial charge in [0, 0.05) is 56.7 Å². The maximum absolute atomic E-state index is 2.47. The van der Waals surface area contributed by atoms with Crippen LogP contribution >= 0.6 is 0 Å². The lowest BCUT2D eigenvalue weighted by atomic mass is 9.99. The van der Waals surface area contributed by atoms with Crippen LogP contribution in [0.25, 0.3) is 54.4 Å². The third-order valence-corrected chi connectivity index (χ3v) is 8.12. The summed E-state index contributed by atoms with van der Waals surface area (Å²) in [6.07, 6.45) is 0. The zero-order valence-electron chi connectivity index (χ0n) is 21.0. The van der Waals surface area contributed by atoms with Gasteiger partial charge >= 0.3 is 0 Å². The van der Waals surface area contributed by atoms with Gasteiger partial charge < -0.3 is 9.13 Å². The number of hydrogen-bond acceptors (Lipinski definition) is 0. The Morgan fingerprint density at radius 1 is 0.308 bits per heavy atom. The maximum atomic E-state index is 2.47. The summed E-state index contributed by atoms with van der Waals surface area (Å²) < 4.78 is 4.94. The molecule has 0 fully saturated rings. The number of hydrogen-bond donors (Lipinski definition) is 0. The van der Waals surface area contributed by atoms with Crippen molar-refractivity contribution in [2.24, 2.45) is 0 Å². The van der Waals surface area contributed by atoms with E-state index < -0.39 is 0 Å². The van der Waals surface area contributed by atoms with E-state index in [1.54, 1.807) is 0 Å². The average molecular weight is 503 g/mol. The van der Waals surface area contributed by atoms with E-state index in [4.69, 9.17) is 0 Å². The molecule has 0 spiro atoms. The minimum absolute atomic E-state index is 0. The van der Waals surface area contributed by atoms with E-state index in [2.05, 4.69) is 143 Å². The van der Waals surface area contributed by atoms with Crippen LogP contribution in [-0.4, -0.2) is 9.13 Å². The number of rotatable bonds is 4. The lowest BCUT2D eigenvalue weighted by Gasteiger charge is -2.15. The topological polar surface area (TPSA) is 9.86 Å². The highest BCUT2D eigenvalue weighted by Crippen LogP contribution is 2.33. The number of nitrogens with zero attached hydrogens (tertiary/aromatic N) is 2.